The molecule has 0 bridgehead atoms. The summed E-state index contributed by atoms with van der Waals surface area (Å²) in [5.74, 6) is -0.461. The second-order valence-corrected chi connectivity index (χ2v) is 5.48. The predicted octanol–water partition coefficient (Wildman–Crippen LogP) is 1.01. The first kappa shape index (κ1) is 14.1. The number of carboxylic acids is 1. The van der Waals surface area contributed by atoms with Crippen LogP contribution in [0.2, 0.25) is 0 Å². The molecular weight excluding hydrogens is 248 g/mol. The molecule has 0 aromatic heterocycles. The van der Waals surface area contributed by atoms with E-state index in [1.165, 1.54) is 4.90 Å². The maximum atomic E-state index is 12.4. The predicted molar refractivity (Wildman–Crippen MR) is 68.9 cm³/mol. The molecule has 0 aromatic carbocycles. The van der Waals surface area contributed by atoms with Crippen LogP contribution < -0.4 is 0 Å². The highest BCUT2D eigenvalue weighted by atomic mass is 16.5. The van der Waals surface area contributed by atoms with Gasteiger partial charge >= 0.3 is 12.0 Å². The molecular formula is C13H22N2O4. The van der Waals surface area contributed by atoms with E-state index in [4.69, 9.17) is 9.84 Å². The van der Waals surface area contributed by atoms with Crippen LogP contribution >= 0.6 is 0 Å². The van der Waals surface area contributed by atoms with Crippen molar-refractivity contribution >= 4 is 12.0 Å². The molecule has 1 unspecified atom stereocenters. The Morgan fingerprint density at radius 2 is 2.16 bits per heavy atom. The highest BCUT2D eigenvalue weighted by Crippen LogP contribution is 2.30. The van der Waals surface area contributed by atoms with Gasteiger partial charge in [-0.3, -0.25) is 4.79 Å². The Morgan fingerprint density at radius 3 is 2.79 bits per heavy atom. The molecule has 1 aliphatic heterocycles. The maximum absolute atomic E-state index is 12.4. The summed E-state index contributed by atoms with van der Waals surface area (Å²) in [5.41, 5.74) is 0. The third-order valence-electron chi connectivity index (χ3n) is 3.49. The number of carboxylic acid groups (broad SMARTS) is 1. The number of hydrogen-bond acceptors (Lipinski definition) is 3. The van der Waals surface area contributed by atoms with E-state index < -0.39 is 5.97 Å². The van der Waals surface area contributed by atoms with Gasteiger partial charge in [0.05, 0.1) is 6.10 Å². The Bertz CT molecular complexity index is 344. The first-order chi connectivity index (χ1) is 9.06. The lowest BCUT2D eigenvalue weighted by atomic mass is 10.3. The van der Waals surface area contributed by atoms with Gasteiger partial charge in [-0.2, -0.15) is 0 Å². The van der Waals surface area contributed by atoms with Gasteiger partial charge in [-0.15, -0.1) is 0 Å². The Labute approximate surface area is 113 Å². The van der Waals surface area contributed by atoms with Crippen molar-refractivity contribution in [1.29, 1.82) is 0 Å². The van der Waals surface area contributed by atoms with Gasteiger partial charge in [-0.05, 0) is 32.1 Å². The number of nitrogens with zero attached hydrogens (tertiary/aromatic N) is 2. The van der Waals surface area contributed by atoms with Crippen molar-refractivity contribution in [2.75, 3.05) is 32.8 Å². The van der Waals surface area contributed by atoms with Crippen LogP contribution in [0.1, 0.15) is 26.2 Å². The number of carbonyl (C=O) groups excluding carboxylic acids is 1. The molecule has 2 amide bonds. The number of aliphatic carboxylic acids is 1. The first-order valence-corrected chi connectivity index (χ1v) is 6.93. The lowest BCUT2D eigenvalue weighted by Gasteiger charge is -2.29. The third kappa shape index (κ3) is 4.38. The number of urea groups is 1. The molecule has 1 heterocycles. The lowest BCUT2D eigenvalue weighted by Crippen LogP contribution is -2.48. The molecule has 2 fully saturated rings. The van der Waals surface area contributed by atoms with Crippen LogP contribution in [0.3, 0.4) is 0 Å². The summed E-state index contributed by atoms with van der Waals surface area (Å²) in [6.07, 6.45) is 3.02. The summed E-state index contributed by atoms with van der Waals surface area (Å²) in [7, 11) is 0. The molecule has 2 aliphatic rings. The molecule has 1 saturated carbocycles. The Hall–Kier alpha value is -1.30. The van der Waals surface area contributed by atoms with Crippen LogP contribution in [0.5, 0.6) is 0 Å². The summed E-state index contributed by atoms with van der Waals surface area (Å²) in [4.78, 5) is 26.5. The zero-order valence-electron chi connectivity index (χ0n) is 11.4. The van der Waals surface area contributed by atoms with E-state index in [0.29, 0.717) is 32.2 Å². The van der Waals surface area contributed by atoms with Crippen molar-refractivity contribution in [3.05, 3.63) is 0 Å². The van der Waals surface area contributed by atoms with Crippen molar-refractivity contribution in [2.45, 2.75) is 32.3 Å². The molecule has 1 atom stereocenters. The van der Waals surface area contributed by atoms with E-state index in [9.17, 15) is 9.59 Å². The molecule has 1 N–H and O–H groups in total. The van der Waals surface area contributed by atoms with Crippen LogP contribution in [-0.4, -0.2) is 65.8 Å². The first-order valence-electron chi connectivity index (χ1n) is 6.93. The maximum Gasteiger partial charge on any atom is 0.323 e. The molecule has 108 valence electrons. The highest BCUT2D eigenvalue weighted by molar-refractivity contribution is 5.80. The minimum Gasteiger partial charge on any atom is -0.480 e. The van der Waals surface area contributed by atoms with Crippen molar-refractivity contribution in [2.24, 2.45) is 5.92 Å². The summed E-state index contributed by atoms with van der Waals surface area (Å²) in [5, 5.41) is 8.93. The van der Waals surface area contributed by atoms with Gasteiger partial charge in [-0.25, -0.2) is 4.79 Å². The van der Waals surface area contributed by atoms with Gasteiger partial charge in [-0.1, -0.05) is 0 Å². The summed E-state index contributed by atoms with van der Waals surface area (Å²) in [6, 6.07) is -0.161. The van der Waals surface area contributed by atoms with E-state index in [1.807, 2.05) is 6.92 Å². The Balaban J connectivity index is 1.97. The largest absolute Gasteiger partial charge is 0.480 e. The fourth-order valence-corrected chi connectivity index (χ4v) is 2.35. The van der Waals surface area contributed by atoms with Crippen LogP contribution in [0.4, 0.5) is 4.79 Å². The van der Waals surface area contributed by atoms with Gasteiger partial charge in [0, 0.05) is 26.2 Å². The third-order valence-corrected chi connectivity index (χ3v) is 3.49. The molecule has 0 aromatic rings. The molecule has 6 heteroatoms. The van der Waals surface area contributed by atoms with Gasteiger partial charge in [0.2, 0.25) is 0 Å². The van der Waals surface area contributed by atoms with E-state index in [-0.39, 0.29) is 18.7 Å². The Morgan fingerprint density at radius 1 is 1.42 bits per heavy atom. The van der Waals surface area contributed by atoms with Crippen LogP contribution in [0.25, 0.3) is 0 Å². The van der Waals surface area contributed by atoms with Gasteiger partial charge in [0.1, 0.15) is 6.54 Å². The summed E-state index contributed by atoms with van der Waals surface area (Å²) < 4.78 is 5.51. The van der Waals surface area contributed by atoms with Crippen LogP contribution in [0.15, 0.2) is 0 Å². The molecule has 1 aliphatic carbocycles. The normalized spacial score (nSPS) is 23.8. The highest BCUT2D eigenvalue weighted by Gasteiger charge is 2.31. The van der Waals surface area contributed by atoms with E-state index in [1.54, 1.807) is 4.90 Å². The fraction of sp³-hybridized carbons (Fsp3) is 0.846. The second kappa shape index (κ2) is 6.23. The molecule has 1 saturated heterocycles. The molecule has 6 nitrogen and oxygen atoms in total. The summed E-state index contributed by atoms with van der Waals surface area (Å²) in [6.45, 7) is 4.14. The number of hydrogen-bond donors (Lipinski definition) is 1. The second-order valence-electron chi connectivity index (χ2n) is 5.48. The van der Waals surface area contributed by atoms with Crippen LogP contribution in [-0.2, 0) is 9.53 Å². The zero-order chi connectivity index (χ0) is 13.8. The minimum atomic E-state index is -0.951. The minimum absolute atomic E-state index is 0.0130. The van der Waals surface area contributed by atoms with E-state index in [2.05, 4.69) is 0 Å². The smallest absolute Gasteiger partial charge is 0.323 e. The van der Waals surface area contributed by atoms with Gasteiger partial charge in [0.15, 0.2) is 0 Å². The number of amides is 2. The molecule has 19 heavy (non-hydrogen) atoms. The van der Waals surface area contributed by atoms with Crippen molar-refractivity contribution in [1.82, 2.24) is 9.80 Å². The van der Waals surface area contributed by atoms with Crippen molar-refractivity contribution < 1.29 is 19.4 Å². The van der Waals surface area contributed by atoms with Crippen molar-refractivity contribution in [3.8, 4) is 0 Å². The SMILES string of the molecule is CC1CN(C(=O)N(CC(=O)O)CC2CC2)CCCO1. The van der Waals surface area contributed by atoms with E-state index in [0.717, 1.165) is 19.3 Å². The standard InChI is InChI=1S/C13H22N2O4/c1-10-7-14(5-2-6-19-10)13(18)15(9-12(16)17)8-11-3-4-11/h10-11H,2-9H2,1H3,(H,16,17). The quantitative estimate of drug-likeness (QED) is 0.828. The zero-order valence-corrected chi connectivity index (χ0v) is 11.4. The number of ether oxygens (including phenoxy) is 1. The average molecular weight is 270 g/mol. The monoisotopic (exact) mass is 270 g/mol. The van der Waals surface area contributed by atoms with Crippen LogP contribution in [0, 0.1) is 5.92 Å². The van der Waals surface area contributed by atoms with Gasteiger partial charge < -0.3 is 19.6 Å². The van der Waals surface area contributed by atoms with E-state index >= 15 is 0 Å². The average Bonchev–Trinajstić information content (AvgIpc) is 3.15. The molecule has 0 radical (unpaired) electrons. The number of rotatable bonds is 4. The topological polar surface area (TPSA) is 70.1 Å². The van der Waals surface area contributed by atoms with Gasteiger partial charge in [0.25, 0.3) is 0 Å². The lowest BCUT2D eigenvalue weighted by molar-refractivity contribution is -0.137. The molecule has 2 rings (SSSR count). The number of carbonyl (C=O) groups is 2. The van der Waals surface area contributed by atoms with Crippen molar-refractivity contribution in [3.63, 3.8) is 0 Å². The molecule has 0 spiro atoms. The fourth-order valence-electron chi connectivity index (χ4n) is 2.35. The Kier molecular flexibility index (Phi) is 4.63. The summed E-state index contributed by atoms with van der Waals surface area (Å²) >= 11 is 0.